The van der Waals surface area contributed by atoms with Crippen molar-refractivity contribution in [1.29, 1.82) is 0 Å². The number of rotatable bonds is 2. The minimum Gasteiger partial charge on any atom is -0.335 e. The number of likely N-dealkylation sites (tertiary alicyclic amines) is 1. The summed E-state index contributed by atoms with van der Waals surface area (Å²) in [6, 6.07) is 18.0. The van der Waals surface area contributed by atoms with Crippen molar-refractivity contribution in [3.8, 4) is 0 Å². The van der Waals surface area contributed by atoms with Crippen molar-refractivity contribution >= 4 is 17.5 Å². The van der Waals surface area contributed by atoms with E-state index in [1.165, 1.54) is 5.56 Å². The van der Waals surface area contributed by atoms with Crippen LogP contribution in [0.25, 0.3) is 0 Å². The van der Waals surface area contributed by atoms with E-state index in [1.807, 2.05) is 47.4 Å². The molecular weight excluding hydrogens is 300 g/mol. The number of nitrogens with zero attached hydrogens (tertiary/aromatic N) is 2. The van der Waals surface area contributed by atoms with E-state index in [1.54, 1.807) is 11.9 Å². The molecule has 0 N–H and O–H groups in total. The average Bonchev–Trinajstić information content (AvgIpc) is 2.58. The molecule has 0 aliphatic carbocycles. The number of amides is 2. The Hall–Kier alpha value is -2.62. The number of fused-ring (bicyclic) bond motifs is 1. The summed E-state index contributed by atoms with van der Waals surface area (Å²) in [6.07, 6.45) is 1.24. The van der Waals surface area contributed by atoms with Crippen LogP contribution in [0.2, 0.25) is 0 Å². The molecule has 4 nitrogen and oxygen atoms in total. The maximum atomic E-state index is 13.1. The lowest BCUT2D eigenvalue weighted by atomic mass is 9.85. The summed E-state index contributed by atoms with van der Waals surface area (Å²) < 4.78 is 0. The van der Waals surface area contributed by atoms with Crippen LogP contribution in [0.3, 0.4) is 0 Å². The Balaban J connectivity index is 1.63. The molecule has 0 saturated carbocycles. The van der Waals surface area contributed by atoms with E-state index in [-0.39, 0.29) is 30.2 Å². The van der Waals surface area contributed by atoms with Gasteiger partial charge in [0, 0.05) is 25.7 Å². The Morgan fingerprint density at radius 1 is 1.04 bits per heavy atom. The summed E-state index contributed by atoms with van der Waals surface area (Å²) in [6.45, 7) is 0.765. The van der Waals surface area contributed by atoms with Gasteiger partial charge < -0.3 is 9.80 Å². The first-order valence-electron chi connectivity index (χ1n) is 8.37. The predicted molar refractivity (Wildman–Crippen MR) is 92.7 cm³/mol. The van der Waals surface area contributed by atoms with Crippen LogP contribution in [-0.2, 0) is 9.59 Å². The number of carbonyl (C=O) groups is 2. The van der Waals surface area contributed by atoms with Crippen molar-refractivity contribution in [3.63, 3.8) is 0 Å². The smallest absolute Gasteiger partial charge is 0.231 e. The van der Waals surface area contributed by atoms with Gasteiger partial charge in [-0.25, -0.2) is 0 Å². The quantitative estimate of drug-likeness (QED) is 0.853. The fourth-order valence-corrected chi connectivity index (χ4v) is 3.74. The van der Waals surface area contributed by atoms with Gasteiger partial charge in [-0.15, -0.1) is 0 Å². The molecule has 1 saturated heterocycles. The third-order valence-electron chi connectivity index (χ3n) is 5.21. The van der Waals surface area contributed by atoms with Crippen LogP contribution < -0.4 is 4.90 Å². The topological polar surface area (TPSA) is 40.6 Å². The number of benzene rings is 2. The van der Waals surface area contributed by atoms with Crippen molar-refractivity contribution in [3.05, 3.63) is 65.7 Å². The van der Waals surface area contributed by atoms with Gasteiger partial charge in [0.05, 0.1) is 12.0 Å². The molecule has 0 aromatic heterocycles. The first-order valence-corrected chi connectivity index (χ1v) is 8.37. The van der Waals surface area contributed by atoms with Gasteiger partial charge in [0.2, 0.25) is 11.8 Å². The Bertz CT molecular complexity index is 787. The number of hydrogen-bond donors (Lipinski definition) is 0. The molecule has 2 atom stereocenters. The van der Waals surface area contributed by atoms with Crippen LogP contribution in [0.15, 0.2) is 54.6 Å². The molecular formula is C20H20N2O2. The molecule has 0 bridgehead atoms. The van der Waals surface area contributed by atoms with E-state index >= 15 is 0 Å². The zero-order chi connectivity index (χ0) is 16.7. The molecule has 2 aromatic rings. The number of anilines is 1. The molecule has 0 radical (unpaired) electrons. The number of carbonyl (C=O) groups excluding carboxylic acids is 2. The number of para-hydroxylation sites is 1. The largest absolute Gasteiger partial charge is 0.335 e. The fourth-order valence-electron chi connectivity index (χ4n) is 3.74. The highest BCUT2D eigenvalue weighted by Crippen LogP contribution is 2.41. The van der Waals surface area contributed by atoms with Crippen molar-refractivity contribution in [2.75, 3.05) is 18.5 Å². The lowest BCUT2D eigenvalue weighted by Crippen LogP contribution is -2.49. The molecule has 2 aliphatic rings. The maximum Gasteiger partial charge on any atom is 0.231 e. The average molecular weight is 320 g/mol. The molecule has 24 heavy (non-hydrogen) atoms. The van der Waals surface area contributed by atoms with Crippen molar-refractivity contribution < 1.29 is 9.59 Å². The van der Waals surface area contributed by atoms with Crippen LogP contribution in [-0.4, -0.2) is 30.3 Å². The summed E-state index contributed by atoms with van der Waals surface area (Å²) >= 11 is 0. The summed E-state index contributed by atoms with van der Waals surface area (Å²) in [4.78, 5) is 29.0. The highest BCUT2D eigenvalue weighted by molar-refractivity contribution is 6.02. The molecule has 4 heteroatoms. The normalized spacial score (nSPS) is 22.8. The SMILES string of the molecule is CN1C(=O)C[C@H](C(=O)N2CC[C@@H]2c2ccccc2)c2ccccc21. The molecule has 2 aromatic carbocycles. The minimum atomic E-state index is -0.364. The summed E-state index contributed by atoms with van der Waals surface area (Å²) in [5, 5.41) is 0. The highest BCUT2D eigenvalue weighted by atomic mass is 16.2. The van der Waals surface area contributed by atoms with E-state index < -0.39 is 0 Å². The van der Waals surface area contributed by atoms with Gasteiger partial charge in [-0.1, -0.05) is 48.5 Å². The van der Waals surface area contributed by atoms with Crippen LogP contribution in [0, 0.1) is 0 Å². The first-order chi connectivity index (χ1) is 11.7. The second kappa shape index (κ2) is 5.78. The second-order valence-corrected chi connectivity index (χ2v) is 6.52. The molecule has 4 rings (SSSR count). The van der Waals surface area contributed by atoms with E-state index in [0.29, 0.717) is 0 Å². The van der Waals surface area contributed by atoms with Gasteiger partial charge in [0.15, 0.2) is 0 Å². The Morgan fingerprint density at radius 3 is 2.46 bits per heavy atom. The standard InChI is InChI=1S/C20H20N2O2/c1-21-18-10-6-5-9-15(18)16(13-19(21)23)20(24)22-12-11-17(22)14-7-3-2-4-8-14/h2-10,16-17H,11-13H2,1H3/t16-,17+/m0/s1. The van der Waals surface area contributed by atoms with Gasteiger partial charge in [-0.3, -0.25) is 9.59 Å². The van der Waals surface area contributed by atoms with E-state index in [4.69, 9.17) is 0 Å². The van der Waals surface area contributed by atoms with Crippen LogP contribution >= 0.6 is 0 Å². The molecule has 122 valence electrons. The number of hydrogen-bond acceptors (Lipinski definition) is 2. The Labute approximate surface area is 141 Å². The van der Waals surface area contributed by atoms with Gasteiger partial charge in [0.1, 0.15) is 0 Å². The summed E-state index contributed by atoms with van der Waals surface area (Å²) in [5.74, 6) is -0.288. The molecule has 2 amide bonds. The predicted octanol–water partition coefficient (Wildman–Crippen LogP) is 3.11. The van der Waals surface area contributed by atoms with Crippen molar-refractivity contribution in [2.45, 2.75) is 24.8 Å². The van der Waals surface area contributed by atoms with Crippen molar-refractivity contribution in [2.24, 2.45) is 0 Å². The first kappa shape index (κ1) is 14.9. The Morgan fingerprint density at radius 2 is 1.75 bits per heavy atom. The Kier molecular flexibility index (Phi) is 3.60. The molecule has 0 spiro atoms. The molecule has 2 heterocycles. The third-order valence-corrected chi connectivity index (χ3v) is 5.21. The highest BCUT2D eigenvalue weighted by Gasteiger charge is 2.41. The monoisotopic (exact) mass is 320 g/mol. The fraction of sp³-hybridized carbons (Fsp3) is 0.300. The van der Waals surface area contributed by atoms with Gasteiger partial charge in [0.25, 0.3) is 0 Å². The van der Waals surface area contributed by atoms with E-state index in [2.05, 4.69) is 12.1 Å². The lowest BCUT2D eigenvalue weighted by Gasteiger charge is -2.44. The zero-order valence-corrected chi connectivity index (χ0v) is 13.7. The van der Waals surface area contributed by atoms with Gasteiger partial charge in [-0.2, -0.15) is 0 Å². The summed E-state index contributed by atoms with van der Waals surface area (Å²) in [7, 11) is 1.78. The maximum absolute atomic E-state index is 13.1. The molecule has 2 aliphatic heterocycles. The van der Waals surface area contributed by atoms with Gasteiger partial charge >= 0.3 is 0 Å². The van der Waals surface area contributed by atoms with Crippen LogP contribution in [0.5, 0.6) is 0 Å². The summed E-state index contributed by atoms with van der Waals surface area (Å²) in [5.41, 5.74) is 2.98. The minimum absolute atomic E-state index is 0.00355. The lowest BCUT2D eigenvalue weighted by molar-refractivity contribution is -0.142. The van der Waals surface area contributed by atoms with E-state index in [0.717, 1.165) is 24.2 Å². The zero-order valence-electron chi connectivity index (χ0n) is 13.7. The third kappa shape index (κ3) is 2.30. The van der Waals surface area contributed by atoms with Crippen LogP contribution in [0.1, 0.15) is 35.9 Å². The van der Waals surface area contributed by atoms with Crippen molar-refractivity contribution in [1.82, 2.24) is 4.90 Å². The van der Waals surface area contributed by atoms with Gasteiger partial charge in [-0.05, 0) is 23.6 Å². The second-order valence-electron chi connectivity index (χ2n) is 6.52. The molecule has 0 unspecified atom stereocenters. The van der Waals surface area contributed by atoms with Crippen LogP contribution in [0.4, 0.5) is 5.69 Å². The molecule has 1 fully saturated rings. The van der Waals surface area contributed by atoms with E-state index in [9.17, 15) is 9.59 Å².